The number of carbonyl (C=O) groups is 1. The molecule has 3 atom stereocenters. The number of pyridine rings is 1. The molecular weight excluding hydrogens is 519 g/mol. The van der Waals surface area contributed by atoms with Gasteiger partial charge in [-0.15, -0.1) is 0 Å². The molecule has 0 amide bonds. The zero-order valence-electron chi connectivity index (χ0n) is 24.7. The molecule has 7 heteroatoms. The Bertz CT molecular complexity index is 1400. The van der Waals surface area contributed by atoms with Gasteiger partial charge >= 0.3 is 5.97 Å². The van der Waals surface area contributed by atoms with Gasteiger partial charge in [0.2, 0.25) is 5.88 Å². The number of fused-ring (bicyclic) bond motifs is 1. The highest BCUT2D eigenvalue weighted by Gasteiger charge is 2.39. The van der Waals surface area contributed by atoms with Crippen molar-refractivity contribution >= 4 is 5.97 Å². The molecule has 6 nitrogen and oxygen atoms in total. The van der Waals surface area contributed by atoms with Gasteiger partial charge in [-0.25, -0.2) is 9.37 Å². The number of methoxy groups -OCH3 is 1. The third kappa shape index (κ3) is 6.25. The van der Waals surface area contributed by atoms with E-state index in [0.717, 1.165) is 65.8 Å². The molecule has 41 heavy (non-hydrogen) atoms. The summed E-state index contributed by atoms with van der Waals surface area (Å²) in [7, 11) is 1.53. The summed E-state index contributed by atoms with van der Waals surface area (Å²) >= 11 is 0. The van der Waals surface area contributed by atoms with Gasteiger partial charge in [-0.3, -0.25) is 9.69 Å². The maximum atomic E-state index is 14.9. The van der Waals surface area contributed by atoms with Crippen molar-refractivity contribution in [2.75, 3.05) is 13.7 Å². The molecule has 0 saturated heterocycles. The van der Waals surface area contributed by atoms with Crippen LogP contribution in [-0.2, 0) is 17.8 Å². The van der Waals surface area contributed by atoms with E-state index in [-0.39, 0.29) is 12.0 Å². The van der Waals surface area contributed by atoms with E-state index >= 15 is 0 Å². The fourth-order valence-electron chi connectivity index (χ4n) is 6.25. The maximum absolute atomic E-state index is 14.9. The molecule has 0 radical (unpaired) electrons. The minimum atomic E-state index is -0.753. The highest BCUT2D eigenvalue weighted by atomic mass is 19.1. The molecule has 1 N–H and O–H groups in total. The smallest absolute Gasteiger partial charge is 0.306 e. The average Bonchev–Trinajstić information content (AvgIpc) is 3.80. The van der Waals surface area contributed by atoms with Crippen LogP contribution >= 0.6 is 0 Å². The molecule has 1 aliphatic carbocycles. The minimum absolute atomic E-state index is 0.00646. The molecule has 1 aromatic heterocycles. The van der Waals surface area contributed by atoms with Crippen molar-refractivity contribution in [3.05, 3.63) is 76.7 Å². The first kappa shape index (κ1) is 29.1. The molecule has 0 bridgehead atoms. The van der Waals surface area contributed by atoms with Crippen LogP contribution in [-0.4, -0.2) is 40.7 Å². The molecule has 2 unspecified atom stereocenters. The summed E-state index contributed by atoms with van der Waals surface area (Å²) < 4.78 is 26.8. The van der Waals surface area contributed by atoms with Crippen LogP contribution in [0.25, 0.3) is 11.1 Å². The van der Waals surface area contributed by atoms with Gasteiger partial charge in [0.15, 0.2) is 0 Å². The lowest BCUT2D eigenvalue weighted by Gasteiger charge is -2.32. The van der Waals surface area contributed by atoms with Crippen molar-refractivity contribution in [2.45, 2.75) is 78.0 Å². The molecule has 5 rings (SSSR count). The van der Waals surface area contributed by atoms with Crippen molar-refractivity contribution in [3.8, 4) is 22.8 Å². The lowest BCUT2D eigenvalue weighted by atomic mass is 9.82. The molecule has 2 heterocycles. The van der Waals surface area contributed by atoms with Gasteiger partial charge in [0, 0.05) is 24.2 Å². The van der Waals surface area contributed by atoms with Gasteiger partial charge in [-0.2, -0.15) is 0 Å². The quantitative estimate of drug-likeness (QED) is 0.263. The van der Waals surface area contributed by atoms with Crippen molar-refractivity contribution in [1.82, 2.24) is 9.88 Å². The highest BCUT2D eigenvalue weighted by Crippen LogP contribution is 2.48. The Kier molecular flexibility index (Phi) is 8.64. The van der Waals surface area contributed by atoms with Crippen molar-refractivity contribution in [2.24, 2.45) is 11.8 Å². The van der Waals surface area contributed by atoms with E-state index in [1.165, 1.54) is 13.3 Å². The third-order valence-electron chi connectivity index (χ3n) is 8.83. The lowest BCUT2D eigenvalue weighted by Crippen LogP contribution is -2.31. The zero-order chi connectivity index (χ0) is 29.3. The number of carboxylic acids is 1. The number of carboxylic acid groups (broad SMARTS) is 1. The standard InChI is InChI=1S/C34H41FN2O4/c1-6-37(20(2)3)19-26-15-24(28-17-32(40-5)36-18-29(28)35)11-13-27(26)30-14-12-22-7-10-25(16-31(22)41-30)33(23-8-9-23)21(4)34(38)39/h7,10-11,13,15-18,20-21,23,30,33H,6,8-9,12,14,19H2,1-5H3,(H,38,39)/t21-,30?,33?/m0/s1. The molecular formula is C34H41FN2O4. The van der Waals surface area contributed by atoms with Crippen LogP contribution < -0.4 is 9.47 Å². The Morgan fingerprint density at radius 3 is 2.59 bits per heavy atom. The van der Waals surface area contributed by atoms with Crippen LogP contribution in [0, 0.1) is 17.7 Å². The Balaban J connectivity index is 1.50. The molecule has 1 fully saturated rings. The number of hydrogen-bond acceptors (Lipinski definition) is 5. The van der Waals surface area contributed by atoms with Gasteiger partial charge in [0.1, 0.15) is 17.7 Å². The summed E-state index contributed by atoms with van der Waals surface area (Å²) in [6.45, 7) is 9.94. The predicted octanol–water partition coefficient (Wildman–Crippen LogP) is 7.41. The van der Waals surface area contributed by atoms with Crippen molar-refractivity contribution < 1.29 is 23.8 Å². The number of ether oxygens (including phenoxy) is 2. The summed E-state index contributed by atoms with van der Waals surface area (Å²) in [4.78, 5) is 18.3. The van der Waals surface area contributed by atoms with Crippen molar-refractivity contribution in [3.63, 3.8) is 0 Å². The normalized spacial score (nSPS) is 18.1. The van der Waals surface area contributed by atoms with E-state index in [4.69, 9.17) is 9.47 Å². The van der Waals surface area contributed by atoms with E-state index in [1.807, 2.05) is 13.0 Å². The number of benzene rings is 2. The van der Waals surface area contributed by atoms with E-state index in [1.54, 1.807) is 6.07 Å². The molecule has 2 aromatic carbocycles. The van der Waals surface area contributed by atoms with Crippen LogP contribution in [0.3, 0.4) is 0 Å². The highest BCUT2D eigenvalue weighted by molar-refractivity contribution is 5.71. The van der Waals surface area contributed by atoms with Crippen molar-refractivity contribution in [1.29, 1.82) is 0 Å². The monoisotopic (exact) mass is 560 g/mol. The van der Waals surface area contributed by atoms with E-state index in [9.17, 15) is 14.3 Å². The summed E-state index contributed by atoms with van der Waals surface area (Å²) in [5.41, 5.74) is 5.64. The first-order valence-electron chi connectivity index (χ1n) is 14.8. The number of halogens is 1. The fraction of sp³-hybridized carbons (Fsp3) is 0.471. The fourth-order valence-corrected chi connectivity index (χ4v) is 6.25. The van der Waals surface area contributed by atoms with Crippen LogP contribution in [0.1, 0.15) is 81.2 Å². The third-order valence-corrected chi connectivity index (χ3v) is 8.83. The van der Waals surface area contributed by atoms with Gasteiger partial charge in [0.05, 0.1) is 19.2 Å². The van der Waals surface area contributed by atoms with Crippen LogP contribution in [0.4, 0.5) is 4.39 Å². The Morgan fingerprint density at radius 1 is 1.15 bits per heavy atom. The number of aryl methyl sites for hydroxylation is 1. The minimum Gasteiger partial charge on any atom is -0.485 e. The number of rotatable bonds is 11. The first-order valence-corrected chi connectivity index (χ1v) is 14.8. The summed E-state index contributed by atoms with van der Waals surface area (Å²) in [6, 6.07) is 14.4. The predicted molar refractivity (Wildman–Crippen MR) is 158 cm³/mol. The van der Waals surface area contributed by atoms with Gasteiger partial charge in [-0.05, 0) is 97.9 Å². The molecule has 1 aliphatic heterocycles. The number of nitrogens with zero attached hydrogens (tertiary/aromatic N) is 2. The molecule has 1 saturated carbocycles. The second-order valence-electron chi connectivity index (χ2n) is 11.8. The van der Waals surface area contributed by atoms with Crippen LogP contribution in [0.15, 0.2) is 48.7 Å². The topological polar surface area (TPSA) is 71.9 Å². The molecule has 3 aromatic rings. The summed E-state index contributed by atoms with van der Waals surface area (Å²) in [6.07, 6.45) is 4.91. The first-order chi connectivity index (χ1) is 19.7. The largest absolute Gasteiger partial charge is 0.485 e. The van der Waals surface area contributed by atoms with E-state index in [2.05, 4.69) is 61.0 Å². The Labute approximate surface area is 242 Å². The summed E-state index contributed by atoms with van der Waals surface area (Å²) in [5.74, 6) is 0.0394. The van der Waals surface area contributed by atoms with E-state index < -0.39 is 17.7 Å². The zero-order valence-corrected chi connectivity index (χ0v) is 24.7. The molecule has 2 aliphatic rings. The van der Waals surface area contributed by atoms with Gasteiger partial charge in [0.25, 0.3) is 0 Å². The van der Waals surface area contributed by atoms with Gasteiger partial charge < -0.3 is 14.6 Å². The second-order valence-corrected chi connectivity index (χ2v) is 11.8. The molecule has 218 valence electrons. The second kappa shape index (κ2) is 12.2. The van der Waals surface area contributed by atoms with Gasteiger partial charge in [-0.1, -0.05) is 38.1 Å². The Morgan fingerprint density at radius 2 is 1.93 bits per heavy atom. The number of aromatic nitrogens is 1. The SMILES string of the molecule is CCN(Cc1cc(-c2cc(OC)ncc2F)ccc1C1CCc2ccc(C(C3CC3)[C@H](C)C(=O)O)cc2O1)C(C)C. The average molecular weight is 561 g/mol. The number of aliphatic carboxylic acids is 1. The molecule has 0 spiro atoms. The Hall–Kier alpha value is -3.45. The van der Waals surface area contributed by atoms with Crippen LogP contribution in [0.5, 0.6) is 11.6 Å². The lowest BCUT2D eigenvalue weighted by molar-refractivity contribution is -0.142. The number of hydrogen-bond donors (Lipinski definition) is 1. The maximum Gasteiger partial charge on any atom is 0.306 e. The van der Waals surface area contributed by atoms with E-state index in [0.29, 0.717) is 29.9 Å². The summed E-state index contributed by atoms with van der Waals surface area (Å²) in [5, 5.41) is 9.76. The van der Waals surface area contributed by atoms with Crippen LogP contribution in [0.2, 0.25) is 0 Å².